The molecule has 1 amide bonds. The van der Waals surface area contributed by atoms with E-state index in [1.807, 2.05) is 12.1 Å². The summed E-state index contributed by atoms with van der Waals surface area (Å²) in [7, 11) is 1.72. The number of ether oxygens (including phenoxy) is 3. The summed E-state index contributed by atoms with van der Waals surface area (Å²) in [6.45, 7) is 8.63. The van der Waals surface area contributed by atoms with Crippen LogP contribution >= 0.6 is 11.6 Å². The van der Waals surface area contributed by atoms with Crippen LogP contribution in [0.2, 0.25) is 5.02 Å². The number of carbonyl (C=O) groups excluding carboxylic acids is 1. The summed E-state index contributed by atoms with van der Waals surface area (Å²) in [6.07, 6.45) is -1.98. The monoisotopic (exact) mass is 536 g/mol. The number of carboxylic acid groups (broad SMARTS) is 1. The topological polar surface area (TPSA) is 88.5 Å². The van der Waals surface area contributed by atoms with E-state index in [-0.39, 0.29) is 37.0 Å². The molecule has 0 aliphatic carbocycles. The van der Waals surface area contributed by atoms with Crippen molar-refractivity contribution in [2.75, 3.05) is 40.0 Å². The highest BCUT2D eigenvalue weighted by Gasteiger charge is 2.41. The highest BCUT2D eigenvalue weighted by Crippen LogP contribution is 2.27. The van der Waals surface area contributed by atoms with E-state index in [2.05, 4.69) is 30.5 Å². The van der Waals surface area contributed by atoms with Gasteiger partial charge in [-0.15, -0.1) is 0 Å². The van der Waals surface area contributed by atoms with E-state index in [9.17, 15) is 18.0 Å². The number of hydrogen-bond acceptors (Lipinski definition) is 6. The Hall–Kier alpha value is -2.34. The van der Waals surface area contributed by atoms with E-state index in [1.165, 1.54) is 5.56 Å². The Morgan fingerprint density at radius 1 is 1.28 bits per heavy atom. The fourth-order valence-electron chi connectivity index (χ4n) is 4.25. The van der Waals surface area contributed by atoms with Crippen LogP contribution in [0.5, 0.6) is 0 Å². The van der Waals surface area contributed by atoms with Crippen molar-refractivity contribution in [3.05, 3.63) is 47.5 Å². The molecule has 3 rings (SSSR count). The molecule has 1 aromatic carbocycles. The van der Waals surface area contributed by atoms with Gasteiger partial charge in [-0.3, -0.25) is 4.90 Å². The van der Waals surface area contributed by atoms with Crippen molar-refractivity contribution < 1.29 is 42.1 Å². The lowest BCUT2D eigenvalue weighted by atomic mass is 9.94. The number of piperidine rings is 1. The highest BCUT2D eigenvalue weighted by molar-refractivity contribution is 6.30. The average molecular weight is 537 g/mol. The number of hydrogen-bond donors (Lipinski definition) is 1. The molecule has 4 atom stereocenters. The van der Waals surface area contributed by atoms with Gasteiger partial charge in [0.05, 0.1) is 25.4 Å². The van der Waals surface area contributed by atoms with Crippen LogP contribution in [-0.4, -0.2) is 97.4 Å². The van der Waals surface area contributed by atoms with Gasteiger partial charge in [0.2, 0.25) is 0 Å². The van der Waals surface area contributed by atoms with Crippen LogP contribution in [0, 0.1) is 0 Å². The molecule has 2 aliphatic rings. The normalized spacial score (nSPS) is 24.9. The van der Waals surface area contributed by atoms with Gasteiger partial charge in [-0.05, 0) is 37.5 Å². The van der Waals surface area contributed by atoms with Crippen molar-refractivity contribution >= 4 is 23.7 Å². The second-order valence-corrected chi connectivity index (χ2v) is 9.01. The number of aliphatic carboxylic acids is 1. The van der Waals surface area contributed by atoms with Gasteiger partial charge in [0, 0.05) is 37.3 Å². The molecule has 2 saturated heterocycles. The maximum atomic E-state index is 12.2. The van der Waals surface area contributed by atoms with Crippen LogP contribution < -0.4 is 0 Å². The SMILES string of the molecule is C=CCOC(=O)N1CC[C@@H](N2C[C@H](C)OC[C@@H]2Cc2ccc(Cl)cc2)[C@H](OC)C1.O=C(O)C(F)(F)F. The summed E-state index contributed by atoms with van der Waals surface area (Å²) in [5, 5.41) is 7.87. The van der Waals surface area contributed by atoms with E-state index in [0.717, 1.165) is 24.4 Å². The van der Waals surface area contributed by atoms with Crippen LogP contribution in [0.4, 0.5) is 18.0 Å². The number of morpholine rings is 1. The molecule has 1 aromatic rings. The fraction of sp³-hybridized carbons (Fsp3) is 0.583. The molecule has 0 spiro atoms. The standard InChI is InChI=1S/C22H31ClN2O4.C2HF3O2/c1-4-11-28-22(26)24-10-9-20(21(14-24)27-3)25-13-16(2)29-15-19(25)12-17-5-7-18(23)8-6-17;3-2(4,5)1(6)7/h4-8,16,19-21H,1,9-15H2,2-3H3;(H,6,7)/t16-,19-,20+,21+;/m0./s1. The third-order valence-corrected chi connectivity index (χ3v) is 6.23. The van der Waals surface area contributed by atoms with Gasteiger partial charge < -0.3 is 24.2 Å². The summed E-state index contributed by atoms with van der Waals surface area (Å²) in [5.74, 6) is -2.76. The van der Waals surface area contributed by atoms with Crippen LogP contribution in [0.1, 0.15) is 18.9 Å². The van der Waals surface area contributed by atoms with Gasteiger partial charge in [-0.1, -0.05) is 36.4 Å². The van der Waals surface area contributed by atoms with Gasteiger partial charge >= 0.3 is 18.2 Å². The summed E-state index contributed by atoms with van der Waals surface area (Å²) in [4.78, 5) is 25.4. The summed E-state index contributed by atoms with van der Waals surface area (Å²) in [6, 6.07) is 8.49. The first-order chi connectivity index (χ1) is 17.0. The molecular formula is C24H32ClF3N2O6. The van der Waals surface area contributed by atoms with Crippen LogP contribution in [-0.2, 0) is 25.4 Å². The maximum Gasteiger partial charge on any atom is 0.490 e. The number of rotatable bonds is 6. The molecule has 8 nitrogen and oxygen atoms in total. The minimum Gasteiger partial charge on any atom is -0.475 e. The zero-order chi connectivity index (χ0) is 26.9. The van der Waals surface area contributed by atoms with Crippen molar-refractivity contribution in [3.63, 3.8) is 0 Å². The highest BCUT2D eigenvalue weighted by atomic mass is 35.5. The lowest BCUT2D eigenvalue weighted by molar-refractivity contribution is -0.192. The van der Waals surface area contributed by atoms with Gasteiger partial charge in [0.15, 0.2) is 0 Å². The van der Waals surface area contributed by atoms with Crippen molar-refractivity contribution in [1.29, 1.82) is 0 Å². The molecule has 0 bridgehead atoms. The van der Waals surface area contributed by atoms with Crippen LogP contribution in [0.15, 0.2) is 36.9 Å². The number of halogens is 4. The fourth-order valence-corrected chi connectivity index (χ4v) is 4.37. The molecule has 2 aliphatic heterocycles. The molecule has 1 N–H and O–H groups in total. The molecule has 2 heterocycles. The quantitative estimate of drug-likeness (QED) is 0.549. The number of amides is 1. The number of carbonyl (C=O) groups is 2. The molecule has 0 aromatic heterocycles. The Balaban J connectivity index is 0.000000572. The molecule has 36 heavy (non-hydrogen) atoms. The smallest absolute Gasteiger partial charge is 0.475 e. The van der Waals surface area contributed by atoms with E-state index < -0.39 is 12.1 Å². The Morgan fingerprint density at radius 2 is 1.92 bits per heavy atom. The molecule has 12 heteroatoms. The predicted molar refractivity (Wildman–Crippen MR) is 127 cm³/mol. The Labute approximate surface area is 213 Å². The van der Waals surface area contributed by atoms with E-state index in [0.29, 0.717) is 19.7 Å². The molecule has 0 unspecified atom stereocenters. The zero-order valence-electron chi connectivity index (χ0n) is 20.2. The second-order valence-electron chi connectivity index (χ2n) is 8.57. The van der Waals surface area contributed by atoms with Crippen molar-refractivity contribution in [2.24, 2.45) is 0 Å². The van der Waals surface area contributed by atoms with E-state index in [4.69, 9.17) is 35.7 Å². The van der Waals surface area contributed by atoms with Crippen LogP contribution in [0.25, 0.3) is 0 Å². The van der Waals surface area contributed by atoms with Crippen molar-refractivity contribution in [1.82, 2.24) is 9.80 Å². The number of alkyl halides is 3. The predicted octanol–water partition coefficient (Wildman–Crippen LogP) is 4.02. The van der Waals surface area contributed by atoms with Gasteiger partial charge in [0.25, 0.3) is 0 Å². The first kappa shape index (κ1) is 29.9. The Kier molecular flexibility index (Phi) is 11.5. The first-order valence-corrected chi connectivity index (χ1v) is 11.8. The van der Waals surface area contributed by atoms with Crippen LogP contribution in [0.3, 0.4) is 0 Å². The van der Waals surface area contributed by atoms with E-state index >= 15 is 0 Å². The second kappa shape index (κ2) is 13.8. The average Bonchev–Trinajstić information content (AvgIpc) is 2.84. The number of benzene rings is 1. The Bertz CT molecular complexity index is 870. The minimum absolute atomic E-state index is 0.0713. The summed E-state index contributed by atoms with van der Waals surface area (Å²) < 4.78 is 48.7. The number of nitrogens with zero attached hydrogens (tertiary/aromatic N) is 2. The molecule has 202 valence electrons. The molecule has 0 saturated carbocycles. The lowest BCUT2D eigenvalue weighted by Gasteiger charge is -2.48. The third kappa shape index (κ3) is 8.95. The largest absolute Gasteiger partial charge is 0.490 e. The third-order valence-electron chi connectivity index (χ3n) is 5.97. The number of likely N-dealkylation sites (tertiary alicyclic amines) is 1. The number of carboxylic acids is 1. The van der Waals surface area contributed by atoms with Gasteiger partial charge in [-0.25, -0.2) is 9.59 Å². The molecular weight excluding hydrogens is 505 g/mol. The summed E-state index contributed by atoms with van der Waals surface area (Å²) >= 11 is 6.03. The van der Waals surface area contributed by atoms with Crippen molar-refractivity contribution in [2.45, 2.75) is 50.2 Å². The van der Waals surface area contributed by atoms with Gasteiger partial charge in [-0.2, -0.15) is 13.2 Å². The summed E-state index contributed by atoms with van der Waals surface area (Å²) in [5.41, 5.74) is 1.24. The maximum absolute atomic E-state index is 12.2. The first-order valence-electron chi connectivity index (χ1n) is 11.4. The Morgan fingerprint density at radius 3 is 2.47 bits per heavy atom. The molecule has 2 fully saturated rings. The minimum atomic E-state index is -5.08. The van der Waals surface area contributed by atoms with Gasteiger partial charge in [0.1, 0.15) is 6.61 Å². The van der Waals surface area contributed by atoms with Crippen molar-refractivity contribution in [3.8, 4) is 0 Å². The van der Waals surface area contributed by atoms with E-state index in [1.54, 1.807) is 18.1 Å². The lowest BCUT2D eigenvalue weighted by Crippen LogP contribution is -2.62. The number of methoxy groups -OCH3 is 1. The molecule has 0 radical (unpaired) electrons. The zero-order valence-corrected chi connectivity index (χ0v) is 21.0.